The van der Waals surface area contributed by atoms with Gasteiger partial charge in [0.2, 0.25) is 0 Å². The van der Waals surface area contributed by atoms with Gasteiger partial charge in [-0.15, -0.1) is 11.3 Å². The number of nitrogens with zero attached hydrogens (tertiary/aromatic N) is 1. The lowest BCUT2D eigenvalue weighted by Gasteiger charge is -2.11. The molecule has 0 aliphatic heterocycles. The standard InChI is InChI=1S/C29H22N2O3S/c1-2-34-29(33)27-25(18-26(35-27)20-13-7-4-8-14-20)31-28(32)22-17-24(19-11-5-3-6-12-19)30-23-16-10-9-15-21(22)23/h3-18H,2H2,1H3,(H,31,32). The third-order valence-electron chi connectivity index (χ3n) is 5.53. The van der Waals surface area contributed by atoms with Crippen molar-refractivity contribution in [1.82, 2.24) is 4.98 Å². The zero-order chi connectivity index (χ0) is 24.2. The van der Waals surface area contributed by atoms with E-state index < -0.39 is 5.97 Å². The number of benzene rings is 3. The van der Waals surface area contributed by atoms with Gasteiger partial charge < -0.3 is 10.1 Å². The smallest absolute Gasteiger partial charge is 0.350 e. The van der Waals surface area contributed by atoms with E-state index in [1.54, 1.807) is 13.0 Å². The van der Waals surface area contributed by atoms with Crippen LogP contribution in [-0.4, -0.2) is 23.5 Å². The molecule has 35 heavy (non-hydrogen) atoms. The predicted molar refractivity (Wildman–Crippen MR) is 141 cm³/mol. The second kappa shape index (κ2) is 9.91. The van der Waals surface area contributed by atoms with Gasteiger partial charge in [-0.1, -0.05) is 78.9 Å². The normalized spacial score (nSPS) is 10.8. The van der Waals surface area contributed by atoms with E-state index in [-0.39, 0.29) is 12.5 Å². The number of amides is 1. The van der Waals surface area contributed by atoms with E-state index >= 15 is 0 Å². The Morgan fingerprint density at radius 3 is 2.23 bits per heavy atom. The van der Waals surface area contributed by atoms with Gasteiger partial charge in [0.05, 0.1) is 29.1 Å². The van der Waals surface area contributed by atoms with Crippen LogP contribution in [0.4, 0.5) is 5.69 Å². The minimum Gasteiger partial charge on any atom is -0.462 e. The van der Waals surface area contributed by atoms with Crippen molar-refractivity contribution in [3.8, 4) is 21.7 Å². The van der Waals surface area contributed by atoms with Crippen molar-refractivity contribution in [2.45, 2.75) is 6.92 Å². The average molecular weight is 479 g/mol. The highest BCUT2D eigenvalue weighted by Gasteiger charge is 2.22. The third kappa shape index (κ3) is 4.69. The van der Waals surface area contributed by atoms with Gasteiger partial charge >= 0.3 is 5.97 Å². The Hall–Kier alpha value is -4.29. The number of carbonyl (C=O) groups is 2. The summed E-state index contributed by atoms with van der Waals surface area (Å²) in [5.74, 6) is -0.775. The molecule has 6 heteroatoms. The predicted octanol–water partition coefficient (Wildman–Crippen LogP) is 7.06. The Morgan fingerprint density at radius 2 is 1.51 bits per heavy atom. The molecule has 5 aromatic rings. The molecule has 2 aromatic heterocycles. The quantitative estimate of drug-likeness (QED) is 0.265. The maximum absolute atomic E-state index is 13.6. The summed E-state index contributed by atoms with van der Waals surface area (Å²) in [6, 6.07) is 30.6. The van der Waals surface area contributed by atoms with Gasteiger partial charge in [-0.05, 0) is 30.7 Å². The number of thiophene rings is 1. The molecular weight excluding hydrogens is 456 g/mol. The lowest BCUT2D eigenvalue weighted by molar-refractivity contribution is 0.0533. The molecular formula is C29H22N2O3S. The molecule has 0 bridgehead atoms. The monoisotopic (exact) mass is 478 g/mol. The topological polar surface area (TPSA) is 68.3 Å². The molecule has 2 heterocycles. The highest BCUT2D eigenvalue weighted by atomic mass is 32.1. The fraction of sp³-hybridized carbons (Fsp3) is 0.0690. The summed E-state index contributed by atoms with van der Waals surface area (Å²) in [6.45, 7) is 2.01. The van der Waals surface area contributed by atoms with E-state index in [0.29, 0.717) is 21.8 Å². The zero-order valence-electron chi connectivity index (χ0n) is 19.0. The fourth-order valence-corrected chi connectivity index (χ4v) is 4.90. The van der Waals surface area contributed by atoms with Crippen LogP contribution < -0.4 is 5.32 Å². The van der Waals surface area contributed by atoms with E-state index in [1.165, 1.54) is 11.3 Å². The molecule has 0 atom stereocenters. The van der Waals surface area contributed by atoms with E-state index in [1.807, 2.05) is 91.0 Å². The molecule has 0 radical (unpaired) electrons. The lowest BCUT2D eigenvalue weighted by Crippen LogP contribution is -2.15. The molecule has 0 saturated carbocycles. The van der Waals surface area contributed by atoms with Crippen LogP contribution in [0, 0.1) is 0 Å². The van der Waals surface area contributed by atoms with E-state index in [2.05, 4.69) is 5.32 Å². The highest BCUT2D eigenvalue weighted by molar-refractivity contribution is 7.18. The lowest BCUT2D eigenvalue weighted by atomic mass is 10.0. The molecule has 1 N–H and O–H groups in total. The van der Waals surface area contributed by atoms with Crippen LogP contribution in [0.25, 0.3) is 32.6 Å². The number of hydrogen-bond donors (Lipinski definition) is 1. The summed E-state index contributed by atoms with van der Waals surface area (Å²) in [5.41, 5.74) is 4.22. The molecule has 0 aliphatic carbocycles. The number of aromatic nitrogens is 1. The Kier molecular flexibility index (Phi) is 6.37. The van der Waals surface area contributed by atoms with Gasteiger partial charge in [0.1, 0.15) is 4.88 Å². The van der Waals surface area contributed by atoms with E-state index in [9.17, 15) is 9.59 Å². The van der Waals surface area contributed by atoms with Crippen molar-refractivity contribution in [2.75, 3.05) is 11.9 Å². The summed E-state index contributed by atoms with van der Waals surface area (Å²) >= 11 is 1.30. The van der Waals surface area contributed by atoms with E-state index in [4.69, 9.17) is 9.72 Å². The summed E-state index contributed by atoms with van der Waals surface area (Å²) in [7, 11) is 0. The molecule has 0 spiro atoms. The minimum atomic E-state index is -0.459. The van der Waals surface area contributed by atoms with Crippen molar-refractivity contribution in [2.24, 2.45) is 0 Å². The molecule has 172 valence electrons. The first-order valence-corrected chi connectivity index (χ1v) is 12.1. The van der Waals surface area contributed by atoms with Crippen molar-refractivity contribution in [3.05, 3.63) is 108 Å². The van der Waals surface area contributed by atoms with Crippen LogP contribution in [0.1, 0.15) is 27.0 Å². The second-order valence-electron chi connectivity index (χ2n) is 7.83. The number of rotatable bonds is 6. The van der Waals surface area contributed by atoms with Crippen molar-refractivity contribution < 1.29 is 14.3 Å². The zero-order valence-corrected chi connectivity index (χ0v) is 19.8. The SMILES string of the molecule is CCOC(=O)c1sc(-c2ccccc2)cc1NC(=O)c1cc(-c2ccccc2)nc2ccccc12. The number of nitrogens with one attached hydrogen (secondary N) is 1. The number of esters is 1. The van der Waals surface area contributed by atoms with Crippen LogP contribution in [0.2, 0.25) is 0 Å². The Labute approximate surface area is 207 Å². The fourth-order valence-electron chi connectivity index (χ4n) is 3.89. The Morgan fingerprint density at radius 1 is 0.857 bits per heavy atom. The number of ether oxygens (including phenoxy) is 1. The number of carbonyl (C=O) groups excluding carboxylic acids is 2. The molecule has 0 unspecified atom stereocenters. The third-order valence-corrected chi connectivity index (χ3v) is 6.69. The van der Waals surface area contributed by atoms with Gasteiger partial charge in [-0.3, -0.25) is 4.79 Å². The van der Waals surface area contributed by atoms with Gasteiger partial charge in [-0.25, -0.2) is 9.78 Å². The number of anilines is 1. The first-order chi connectivity index (χ1) is 17.1. The van der Waals surface area contributed by atoms with Crippen LogP contribution >= 0.6 is 11.3 Å². The van der Waals surface area contributed by atoms with Gasteiger partial charge in [-0.2, -0.15) is 0 Å². The first-order valence-electron chi connectivity index (χ1n) is 11.3. The Bertz CT molecular complexity index is 1510. The number of pyridine rings is 1. The minimum absolute atomic E-state index is 0.250. The van der Waals surface area contributed by atoms with Crippen LogP contribution in [-0.2, 0) is 4.74 Å². The number of hydrogen-bond acceptors (Lipinski definition) is 5. The number of para-hydroxylation sites is 1. The molecule has 5 rings (SSSR count). The van der Waals surface area contributed by atoms with Crippen molar-refractivity contribution in [1.29, 1.82) is 0 Å². The molecule has 0 saturated heterocycles. The van der Waals surface area contributed by atoms with Gasteiger partial charge in [0.15, 0.2) is 0 Å². The highest BCUT2D eigenvalue weighted by Crippen LogP contribution is 2.36. The van der Waals surface area contributed by atoms with Crippen LogP contribution in [0.3, 0.4) is 0 Å². The Balaban J connectivity index is 1.57. The summed E-state index contributed by atoms with van der Waals surface area (Å²) in [6.07, 6.45) is 0. The molecule has 3 aromatic carbocycles. The van der Waals surface area contributed by atoms with E-state index in [0.717, 1.165) is 26.9 Å². The summed E-state index contributed by atoms with van der Waals surface area (Å²) in [4.78, 5) is 32.3. The van der Waals surface area contributed by atoms with Crippen molar-refractivity contribution >= 4 is 39.8 Å². The molecule has 1 amide bonds. The first kappa shape index (κ1) is 22.5. The molecule has 0 fully saturated rings. The van der Waals surface area contributed by atoms with Crippen molar-refractivity contribution in [3.63, 3.8) is 0 Å². The van der Waals surface area contributed by atoms with Crippen LogP contribution in [0.15, 0.2) is 97.1 Å². The molecule has 0 aliphatic rings. The molecule has 5 nitrogen and oxygen atoms in total. The summed E-state index contributed by atoms with van der Waals surface area (Å²) in [5, 5.41) is 3.71. The summed E-state index contributed by atoms with van der Waals surface area (Å²) < 4.78 is 5.26. The maximum Gasteiger partial charge on any atom is 0.350 e. The maximum atomic E-state index is 13.6. The number of fused-ring (bicyclic) bond motifs is 1. The van der Waals surface area contributed by atoms with Gasteiger partial charge in [0, 0.05) is 15.8 Å². The second-order valence-corrected chi connectivity index (χ2v) is 8.88. The largest absolute Gasteiger partial charge is 0.462 e. The van der Waals surface area contributed by atoms with Gasteiger partial charge in [0.25, 0.3) is 5.91 Å². The van der Waals surface area contributed by atoms with Crippen LogP contribution in [0.5, 0.6) is 0 Å². The average Bonchev–Trinajstić information content (AvgIpc) is 3.33.